The number of aromatic nitrogens is 1. The summed E-state index contributed by atoms with van der Waals surface area (Å²) in [4.78, 5) is 28.2. The maximum atomic E-state index is 12.5. The van der Waals surface area contributed by atoms with E-state index in [2.05, 4.69) is 10.3 Å². The molecule has 1 aliphatic heterocycles. The number of hydrogen-bond acceptors (Lipinski definition) is 5. The number of amides is 1. The molecule has 7 nitrogen and oxygen atoms in total. The minimum Gasteiger partial charge on any atom is -0.334 e. The Hall–Kier alpha value is -1.73. The number of nitrogens with zero attached hydrogens (tertiary/aromatic N) is 3. The second-order valence-corrected chi connectivity index (χ2v) is 5.02. The summed E-state index contributed by atoms with van der Waals surface area (Å²) in [5.41, 5.74) is -0.312. The van der Waals surface area contributed by atoms with Crippen LogP contribution in [-0.4, -0.2) is 46.9 Å². The standard InChI is InChI=1S/C12H15ClN4O3/c1-14-6-8-3-2-4-16(8)12(18)9-5-11(13)15-7-10(9)17(19)20/h5,7-8,14H,2-4,6H2,1H3. The lowest BCUT2D eigenvalue weighted by Crippen LogP contribution is -2.41. The normalized spacial score (nSPS) is 18.3. The van der Waals surface area contributed by atoms with Gasteiger partial charge in [0.25, 0.3) is 11.6 Å². The third-order valence-electron chi connectivity index (χ3n) is 3.35. The van der Waals surface area contributed by atoms with Gasteiger partial charge in [-0.25, -0.2) is 4.98 Å². The molecule has 1 amide bonds. The van der Waals surface area contributed by atoms with Crippen molar-refractivity contribution in [2.24, 2.45) is 0 Å². The summed E-state index contributed by atoms with van der Waals surface area (Å²) in [5, 5.41) is 14.1. The Morgan fingerprint density at radius 1 is 1.70 bits per heavy atom. The van der Waals surface area contributed by atoms with E-state index in [0.29, 0.717) is 13.1 Å². The Bertz CT molecular complexity index is 537. The van der Waals surface area contributed by atoms with Crippen LogP contribution in [0.15, 0.2) is 12.3 Å². The number of rotatable bonds is 4. The van der Waals surface area contributed by atoms with Gasteiger partial charge in [-0.05, 0) is 26.0 Å². The van der Waals surface area contributed by atoms with Crippen molar-refractivity contribution >= 4 is 23.2 Å². The van der Waals surface area contributed by atoms with Crippen molar-refractivity contribution in [3.8, 4) is 0 Å². The first-order chi connectivity index (χ1) is 9.54. The lowest BCUT2D eigenvalue weighted by atomic mass is 10.1. The third-order valence-corrected chi connectivity index (χ3v) is 3.56. The molecule has 1 unspecified atom stereocenters. The molecule has 0 bridgehead atoms. The lowest BCUT2D eigenvalue weighted by molar-refractivity contribution is -0.385. The van der Waals surface area contributed by atoms with Crippen LogP contribution in [-0.2, 0) is 0 Å². The van der Waals surface area contributed by atoms with Crippen molar-refractivity contribution in [2.75, 3.05) is 20.1 Å². The SMILES string of the molecule is CNCC1CCCN1C(=O)c1cc(Cl)ncc1[N+](=O)[O-]. The zero-order valence-electron chi connectivity index (χ0n) is 11.0. The number of likely N-dealkylation sites (N-methyl/N-ethyl adjacent to an activating group) is 1. The average Bonchev–Trinajstić information content (AvgIpc) is 2.86. The molecule has 0 aliphatic carbocycles. The van der Waals surface area contributed by atoms with Gasteiger partial charge in [-0.3, -0.25) is 14.9 Å². The number of halogens is 1. The van der Waals surface area contributed by atoms with Crippen molar-refractivity contribution in [1.29, 1.82) is 0 Å². The van der Waals surface area contributed by atoms with Gasteiger partial charge in [-0.1, -0.05) is 11.6 Å². The fraction of sp³-hybridized carbons (Fsp3) is 0.500. The number of pyridine rings is 1. The first kappa shape index (κ1) is 14.7. The van der Waals surface area contributed by atoms with Crippen molar-refractivity contribution in [3.05, 3.63) is 33.1 Å². The average molecular weight is 299 g/mol. The van der Waals surface area contributed by atoms with E-state index < -0.39 is 4.92 Å². The zero-order chi connectivity index (χ0) is 14.7. The number of nitrogens with one attached hydrogen (secondary N) is 1. The Kier molecular flexibility index (Phi) is 4.51. The molecule has 1 fully saturated rings. The Morgan fingerprint density at radius 2 is 2.45 bits per heavy atom. The molecule has 1 aromatic heterocycles. The topological polar surface area (TPSA) is 88.4 Å². The Morgan fingerprint density at radius 3 is 3.10 bits per heavy atom. The molecular formula is C12H15ClN4O3. The van der Waals surface area contributed by atoms with E-state index in [1.165, 1.54) is 6.07 Å². The fourth-order valence-electron chi connectivity index (χ4n) is 2.45. The molecular weight excluding hydrogens is 284 g/mol. The minimum absolute atomic E-state index is 0.00185. The van der Waals surface area contributed by atoms with Crippen LogP contribution in [0, 0.1) is 10.1 Å². The first-order valence-corrected chi connectivity index (χ1v) is 6.68. The molecule has 2 rings (SSSR count). The molecule has 0 radical (unpaired) electrons. The van der Waals surface area contributed by atoms with Crippen LogP contribution in [0.3, 0.4) is 0 Å². The molecule has 20 heavy (non-hydrogen) atoms. The van der Waals surface area contributed by atoms with E-state index in [1.54, 1.807) is 4.90 Å². The maximum absolute atomic E-state index is 12.5. The first-order valence-electron chi connectivity index (χ1n) is 6.30. The third kappa shape index (κ3) is 2.88. The highest BCUT2D eigenvalue weighted by molar-refractivity contribution is 6.29. The van der Waals surface area contributed by atoms with Gasteiger partial charge in [0.15, 0.2) is 0 Å². The molecule has 1 saturated heterocycles. The molecule has 1 N–H and O–H groups in total. The van der Waals surface area contributed by atoms with Gasteiger partial charge in [-0.2, -0.15) is 0 Å². The molecule has 2 heterocycles. The predicted molar refractivity (Wildman–Crippen MR) is 73.9 cm³/mol. The van der Waals surface area contributed by atoms with E-state index in [0.717, 1.165) is 19.0 Å². The van der Waals surface area contributed by atoms with Gasteiger partial charge in [0.05, 0.1) is 4.92 Å². The number of hydrogen-bond donors (Lipinski definition) is 1. The number of carbonyl (C=O) groups is 1. The van der Waals surface area contributed by atoms with Crippen molar-refractivity contribution in [2.45, 2.75) is 18.9 Å². The maximum Gasteiger partial charge on any atom is 0.300 e. The second-order valence-electron chi connectivity index (χ2n) is 4.63. The van der Waals surface area contributed by atoms with E-state index in [4.69, 9.17) is 11.6 Å². The summed E-state index contributed by atoms with van der Waals surface area (Å²) in [6.45, 7) is 1.26. The molecule has 1 aromatic rings. The number of nitro groups is 1. The summed E-state index contributed by atoms with van der Waals surface area (Å²) < 4.78 is 0. The fourth-order valence-corrected chi connectivity index (χ4v) is 2.60. The summed E-state index contributed by atoms with van der Waals surface area (Å²) in [5.74, 6) is -0.362. The van der Waals surface area contributed by atoms with Crippen LogP contribution in [0.5, 0.6) is 0 Å². The molecule has 0 spiro atoms. The summed E-state index contributed by atoms with van der Waals surface area (Å²) in [6.07, 6.45) is 2.81. The van der Waals surface area contributed by atoms with Crippen LogP contribution >= 0.6 is 11.6 Å². The minimum atomic E-state index is -0.611. The van der Waals surface area contributed by atoms with E-state index >= 15 is 0 Å². The summed E-state index contributed by atoms with van der Waals surface area (Å²) in [6, 6.07) is 1.32. The van der Waals surface area contributed by atoms with Gasteiger partial charge in [-0.15, -0.1) is 0 Å². The van der Waals surface area contributed by atoms with Crippen molar-refractivity contribution < 1.29 is 9.72 Å². The van der Waals surface area contributed by atoms with Crippen molar-refractivity contribution in [1.82, 2.24) is 15.2 Å². The van der Waals surface area contributed by atoms with Gasteiger partial charge in [0.1, 0.15) is 16.9 Å². The largest absolute Gasteiger partial charge is 0.334 e. The molecule has 0 aromatic carbocycles. The molecule has 8 heteroatoms. The monoisotopic (exact) mass is 298 g/mol. The highest BCUT2D eigenvalue weighted by Gasteiger charge is 2.32. The van der Waals surface area contributed by atoms with Gasteiger partial charge in [0, 0.05) is 19.1 Å². The highest BCUT2D eigenvalue weighted by Crippen LogP contribution is 2.26. The highest BCUT2D eigenvalue weighted by atomic mass is 35.5. The predicted octanol–water partition coefficient (Wildman–Crippen LogP) is 1.47. The summed E-state index contributed by atoms with van der Waals surface area (Å²) >= 11 is 5.75. The molecule has 108 valence electrons. The van der Waals surface area contributed by atoms with Crippen LogP contribution in [0.25, 0.3) is 0 Å². The van der Waals surface area contributed by atoms with Gasteiger partial charge in [0.2, 0.25) is 0 Å². The van der Waals surface area contributed by atoms with Crippen LogP contribution < -0.4 is 5.32 Å². The van der Waals surface area contributed by atoms with Crippen molar-refractivity contribution in [3.63, 3.8) is 0 Å². The lowest BCUT2D eigenvalue weighted by Gasteiger charge is -2.24. The van der Waals surface area contributed by atoms with E-state index in [-0.39, 0.29) is 28.4 Å². The number of likely N-dealkylation sites (tertiary alicyclic amines) is 1. The summed E-state index contributed by atoms with van der Waals surface area (Å²) in [7, 11) is 1.81. The van der Waals surface area contributed by atoms with E-state index in [9.17, 15) is 14.9 Å². The molecule has 0 saturated carbocycles. The Balaban J connectivity index is 2.33. The van der Waals surface area contributed by atoms with Crippen LogP contribution in [0.1, 0.15) is 23.2 Å². The second kappa shape index (κ2) is 6.15. The number of carbonyl (C=O) groups excluding carboxylic acids is 1. The van der Waals surface area contributed by atoms with Gasteiger partial charge >= 0.3 is 0 Å². The molecule has 1 atom stereocenters. The Labute approximate surface area is 121 Å². The zero-order valence-corrected chi connectivity index (χ0v) is 11.8. The molecule has 1 aliphatic rings. The van der Waals surface area contributed by atoms with Crippen LogP contribution in [0.2, 0.25) is 5.15 Å². The van der Waals surface area contributed by atoms with Gasteiger partial charge < -0.3 is 10.2 Å². The smallest absolute Gasteiger partial charge is 0.300 e. The van der Waals surface area contributed by atoms with Crippen LogP contribution in [0.4, 0.5) is 5.69 Å². The van der Waals surface area contributed by atoms with E-state index in [1.807, 2.05) is 7.05 Å². The quantitative estimate of drug-likeness (QED) is 0.516.